The Morgan fingerprint density at radius 1 is 1.38 bits per heavy atom. The number of hydrogen-bond acceptors (Lipinski definition) is 4. The van der Waals surface area contributed by atoms with Crippen molar-refractivity contribution < 1.29 is 12.6 Å². The van der Waals surface area contributed by atoms with Gasteiger partial charge >= 0.3 is 0 Å². The lowest BCUT2D eigenvalue weighted by Crippen LogP contribution is -2.23. The first-order valence-corrected chi connectivity index (χ1v) is 9.48. The molecule has 0 N–H and O–H groups in total. The molecule has 1 radical (unpaired) electrons. The number of hydrogen-bond donors (Lipinski definition) is 0. The number of rotatable bonds is 9. The maximum absolute atomic E-state index is 12.1. The van der Waals surface area contributed by atoms with Crippen LogP contribution in [0.2, 0.25) is 0 Å². The summed E-state index contributed by atoms with van der Waals surface area (Å²) >= 11 is 0. The molecule has 2 atom stereocenters. The van der Waals surface area contributed by atoms with Crippen molar-refractivity contribution in [1.82, 2.24) is 0 Å². The molecule has 0 heterocycles. The van der Waals surface area contributed by atoms with E-state index in [1.165, 1.54) is 6.08 Å². The fourth-order valence-corrected chi connectivity index (χ4v) is 3.39. The van der Waals surface area contributed by atoms with E-state index in [-0.39, 0.29) is 22.8 Å². The average Bonchev–Trinajstić information content (AvgIpc) is 2.56. The lowest BCUT2D eigenvalue weighted by atomic mass is 9.73. The van der Waals surface area contributed by atoms with Crippen molar-refractivity contribution in [2.75, 3.05) is 6.61 Å². The third-order valence-electron chi connectivity index (χ3n) is 4.51. The first kappa shape index (κ1) is 20.4. The third kappa shape index (κ3) is 5.77. The standard InChI is InChI=1S/C19H26NO3S/c1-5-17(3)19(4,12-6-14-20)13-7-15-23-24(21,22)18-10-8-16(2)9-11-18/h6,8-12,17H,1,5,7,13,15H2,2-4H3/b12-6+/t17-,19+/m0/s1. The third-order valence-corrected chi connectivity index (χ3v) is 5.83. The molecule has 0 aliphatic carbocycles. The van der Waals surface area contributed by atoms with Crippen LogP contribution in [0.25, 0.3) is 0 Å². The summed E-state index contributed by atoms with van der Waals surface area (Å²) in [6, 6.07) is 8.61. The quantitative estimate of drug-likeness (QED) is 0.376. The van der Waals surface area contributed by atoms with Crippen molar-refractivity contribution >= 4 is 10.1 Å². The van der Waals surface area contributed by atoms with E-state index >= 15 is 0 Å². The van der Waals surface area contributed by atoms with E-state index in [0.717, 1.165) is 18.4 Å². The molecule has 0 spiro atoms. The molecule has 0 aliphatic heterocycles. The van der Waals surface area contributed by atoms with Crippen LogP contribution in [-0.4, -0.2) is 15.0 Å². The molecule has 0 fully saturated rings. The fraction of sp³-hybridized carbons (Fsp3) is 0.474. The number of nitrogens with zero attached hydrogens (tertiary/aromatic N) is 1. The molecule has 131 valence electrons. The van der Waals surface area contributed by atoms with Crippen LogP contribution in [0.3, 0.4) is 0 Å². The summed E-state index contributed by atoms with van der Waals surface area (Å²) in [6.45, 7) is 10.1. The molecule has 4 nitrogen and oxygen atoms in total. The van der Waals surface area contributed by atoms with Crippen LogP contribution in [0.5, 0.6) is 0 Å². The maximum Gasteiger partial charge on any atom is 0.296 e. The van der Waals surface area contributed by atoms with Gasteiger partial charge in [0.25, 0.3) is 10.1 Å². The highest BCUT2D eigenvalue weighted by molar-refractivity contribution is 7.86. The average molecular weight is 348 g/mol. The van der Waals surface area contributed by atoms with Gasteiger partial charge in [0.05, 0.1) is 17.6 Å². The van der Waals surface area contributed by atoms with Gasteiger partial charge in [-0.05, 0) is 49.7 Å². The van der Waals surface area contributed by atoms with Gasteiger partial charge in [-0.2, -0.15) is 13.7 Å². The Balaban J connectivity index is 2.64. The molecule has 0 saturated carbocycles. The van der Waals surface area contributed by atoms with Gasteiger partial charge in [0, 0.05) is 6.08 Å². The second-order valence-electron chi connectivity index (χ2n) is 6.35. The van der Waals surface area contributed by atoms with Gasteiger partial charge in [0.1, 0.15) is 0 Å². The fourth-order valence-electron chi connectivity index (χ4n) is 2.45. The highest BCUT2D eigenvalue weighted by atomic mass is 32.2. The van der Waals surface area contributed by atoms with Crippen molar-refractivity contribution in [1.29, 1.82) is 5.26 Å². The summed E-state index contributed by atoms with van der Waals surface area (Å²) in [7, 11) is -3.72. The summed E-state index contributed by atoms with van der Waals surface area (Å²) in [5, 5.41) is 8.75. The zero-order valence-corrected chi connectivity index (χ0v) is 15.5. The second-order valence-corrected chi connectivity index (χ2v) is 7.97. The molecule has 1 aromatic rings. The molecule has 0 saturated heterocycles. The lowest BCUT2D eigenvalue weighted by molar-refractivity contribution is 0.222. The Kier molecular flexibility index (Phi) is 7.65. The Morgan fingerprint density at radius 3 is 2.54 bits per heavy atom. The summed E-state index contributed by atoms with van der Waals surface area (Å²) in [4.78, 5) is 0.173. The topological polar surface area (TPSA) is 67.2 Å². The van der Waals surface area contributed by atoms with E-state index in [1.54, 1.807) is 24.3 Å². The van der Waals surface area contributed by atoms with Gasteiger partial charge in [0.15, 0.2) is 0 Å². The Hall–Kier alpha value is -1.64. The first-order chi connectivity index (χ1) is 11.2. The Labute approximate surface area is 146 Å². The van der Waals surface area contributed by atoms with E-state index in [4.69, 9.17) is 9.44 Å². The molecule has 0 unspecified atom stereocenters. The largest absolute Gasteiger partial charge is 0.296 e. The van der Waals surface area contributed by atoms with Crippen LogP contribution < -0.4 is 0 Å². The lowest BCUT2D eigenvalue weighted by Gasteiger charge is -2.32. The summed E-state index contributed by atoms with van der Waals surface area (Å²) in [5.74, 6) is 0.288. The Bertz CT molecular complexity index is 686. The normalized spacial score (nSPS) is 15.8. The van der Waals surface area contributed by atoms with Crippen LogP contribution in [0, 0.1) is 36.5 Å². The van der Waals surface area contributed by atoms with Gasteiger partial charge in [-0.25, -0.2) is 0 Å². The highest BCUT2D eigenvalue weighted by Crippen LogP contribution is 2.36. The first-order valence-electron chi connectivity index (χ1n) is 8.08. The van der Waals surface area contributed by atoms with E-state index in [2.05, 4.69) is 20.8 Å². The van der Waals surface area contributed by atoms with Crippen molar-refractivity contribution in [3.8, 4) is 6.07 Å². The van der Waals surface area contributed by atoms with Crippen LogP contribution in [0.4, 0.5) is 0 Å². The highest BCUT2D eigenvalue weighted by Gasteiger charge is 2.27. The summed E-state index contributed by atoms with van der Waals surface area (Å²) < 4.78 is 29.4. The smallest absolute Gasteiger partial charge is 0.266 e. The van der Waals surface area contributed by atoms with Gasteiger partial charge in [-0.3, -0.25) is 4.18 Å². The van der Waals surface area contributed by atoms with Gasteiger partial charge < -0.3 is 0 Å². The monoisotopic (exact) mass is 348 g/mol. The SMILES string of the molecule is [CH2]C[C@H](C)[C@](C)(/C=C/C#N)CCCOS(=O)(=O)c1ccc(C)cc1. The van der Waals surface area contributed by atoms with E-state index in [1.807, 2.05) is 19.1 Å². The molecule has 1 aromatic carbocycles. The molecule has 0 amide bonds. The zero-order valence-electron chi connectivity index (χ0n) is 14.7. The predicted molar refractivity (Wildman–Crippen MR) is 95.5 cm³/mol. The maximum atomic E-state index is 12.1. The van der Waals surface area contributed by atoms with Crippen LogP contribution in [0.1, 0.15) is 38.7 Å². The summed E-state index contributed by atoms with van der Waals surface area (Å²) in [5.41, 5.74) is 0.797. The molecule has 1 rings (SSSR count). The van der Waals surface area contributed by atoms with Crippen molar-refractivity contribution in [2.45, 2.75) is 44.9 Å². The van der Waals surface area contributed by atoms with Gasteiger partial charge in [-0.1, -0.05) is 44.5 Å². The van der Waals surface area contributed by atoms with Crippen molar-refractivity contribution in [2.24, 2.45) is 11.3 Å². The number of allylic oxidation sites excluding steroid dienone is 2. The van der Waals surface area contributed by atoms with Crippen LogP contribution in [-0.2, 0) is 14.3 Å². The van der Waals surface area contributed by atoms with Gasteiger partial charge in [-0.15, -0.1) is 0 Å². The number of nitriles is 1. The van der Waals surface area contributed by atoms with Crippen LogP contribution in [0.15, 0.2) is 41.3 Å². The minimum absolute atomic E-state index is 0.121. The molecule has 0 bridgehead atoms. The molecule has 5 heteroatoms. The van der Waals surface area contributed by atoms with E-state index < -0.39 is 10.1 Å². The molecule has 0 aliphatic rings. The van der Waals surface area contributed by atoms with E-state index in [0.29, 0.717) is 6.42 Å². The second kappa shape index (κ2) is 9.00. The number of aryl methyl sites for hydroxylation is 1. The molecule has 0 aromatic heterocycles. The molecular weight excluding hydrogens is 322 g/mol. The minimum atomic E-state index is -3.72. The zero-order chi connectivity index (χ0) is 18.2. The van der Waals surface area contributed by atoms with Crippen LogP contribution >= 0.6 is 0 Å². The van der Waals surface area contributed by atoms with Crippen molar-refractivity contribution in [3.05, 3.63) is 48.9 Å². The minimum Gasteiger partial charge on any atom is -0.266 e. The molecule has 24 heavy (non-hydrogen) atoms. The summed E-state index contributed by atoms with van der Waals surface area (Å²) in [6.07, 6.45) is 5.43. The Morgan fingerprint density at radius 2 is 2.00 bits per heavy atom. The van der Waals surface area contributed by atoms with Crippen molar-refractivity contribution in [3.63, 3.8) is 0 Å². The van der Waals surface area contributed by atoms with Gasteiger partial charge in [0.2, 0.25) is 0 Å². The molecular formula is C19H26NO3S. The predicted octanol–water partition coefficient (Wildman–Crippen LogP) is 4.43. The number of benzene rings is 1. The van der Waals surface area contributed by atoms with E-state index in [9.17, 15) is 8.42 Å².